The zero-order valence-electron chi connectivity index (χ0n) is 13.1. The molecule has 1 aliphatic heterocycles. The standard InChI is InChI=1S/C16H22N2O4/c1-3-22-15(19)10-14-16(20)17-7-8-18(14)11-12-5-4-6-13(9-12)21-2/h4-6,9,14H,3,7-8,10-11H2,1-2H3,(H,17,20)/p+1/t14-/m0/s1. The molecule has 6 nitrogen and oxygen atoms in total. The molecule has 0 saturated carbocycles. The molecule has 0 spiro atoms. The Balaban J connectivity index is 2.08. The molecule has 1 saturated heterocycles. The second-order valence-corrected chi connectivity index (χ2v) is 5.29. The van der Waals surface area contributed by atoms with E-state index in [2.05, 4.69) is 5.32 Å². The number of carbonyl (C=O) groups excluding carboxylic acids is 2. The third-order valence-corrected chi connectivity index (χ3v) is 3.80. The average Bonchev–Trinajstić information content (AvgIpc) is 2.51. The Bertz CT molecular complexity index is 533. The second-order valence-electron chi connectivity index (χ2n) is 5.29. The van der Waals surface area contributed by atoms with Crippen LogP contribution in [-0.2, 0) is 20.9 Å². The largest absolute Gasteiger partial charge is 0.497 e. The number of ether oxygens (including phenoxy) is 2. The van der Waals surface area contributed by atoms with Crippen LogP contribution >= 0.6 is 0 Å². The van der Waals surface area contributed by atoms with Crippen LogP contribution in [0.4, 0.5) is 0 Å². The molecule has 22 heavy (non-hydrogen) atoms. The van der Waals surface area contributed by atoms with E-state index in [1.807, 2.05) is 24.3 Å². The molecule has 2 rings (SSSR count). The maximum atomic E-state index is 12.1. The molecule has 1 amide bonds. The number of hydrogen-bond acceptors (Lipinski definition) is 4. The number of methoxy groups -OCH3 is 1. The number of piperazine rings is 1. The first kappa shape index (κ1) is 16.3. The average molecular weight is 307 g/mol. The quantitative estimate of drug-likeness (QED) is 0.697. The van der Waals surface area contributed by atoms with Gasteiger partial charge in [0.25, 0.3) is 5.91 Å². The van der Waals surface area contributed by atoms with Crippen LogP contribution in [0.2, 0.25) is 0 Å². The molecule has 1 fully saturated rings. The van der Waals surface area contributed by atoms with Crippen molar-refractivity contribution >= 4 is 11.9 Å². The molecule has 0 bridgehead atoms. The van der Waals surface area contributed by atoms with Gasteiger partial charge in [0.1, 0.15) is 18.7 Å². The molecule has 0 radical (unpaired) electrons. The van der Waals surface area contributed by atoms with Gasteiger partial charge in [-0.15, -0.1) is 0 Å². The Morgan fingerprint density at radius 3 is 3.00 bits per heavy atom. The van der Waals surface area contributed by atoms with Crippen molar-refractivity contribution in [3.8, 4) is 5.75 Å². The van der Waals surface area contributed by atoms with E-state index in [4.69, 9.17) is 9.47 Å². The van der Waals surface area contributed by atoms with Gasteiger partial charge in [0.05, 0.1) is 26.8 Å². The van der Waals surface area contributed by atoms with Crippen molar-refractivity contribution in [2.45, 2.75) is 25.9 Å². The number of carbonyl (C=O) groups is 2. The summed E-state index contributed by atoms with van der Waals surface area (Å²) in [4.78, 5) is 24.9. The Kier molecular flexibility index (Phi) is 5.77. The summed E-state index contributed by atoms with van der Waals surface area (Å²) in [5.41, 5.74) is 1.08. The van der Waals surface area contributed by atoms with Gasteiger partial charge < -0.3 is 19.7 Å². The monoisotopic (exact) mass is 307 g/mol. The van der Waals surface area contributed by atoms with Gasteiger partial charge >= 0.3 is 5.97 Å². The van der Waals surface area contributed by atoms with Crippen LogP contribution in [0.3, 0.4) is 0 Å². The Morgan fingerprint density at radius 1 is 1.45 bits per heavy atom. The van der Waals surface area contributed by atoms with Gasteiger partial charge in [-0.25, -0.2) is 0 Å². The highest BCUT2D eigenvalue weighted by molar-refractivity contribution is 5.85. The Labute approximate surface area is 130 Å². The molecule has 2 atom stereocenters. The number of rotatable bonds is 6. The molecule has 2 N–H and O–H groups in total. The fourth-order valence-corrected chi connectivity index (χ4v) is 2.71. The van der Waals surface area contributed by atoms with E-state index < -0.39 is 6.04 Å². The number of amides is 1. The second kappa shape index (κ2) is 7.79. The molecule has 0 aromatic heterocycles. The van der Waals surface area contributed by atoms with Gasteiger partial charge in [0, 0.05) is 5.56 Å². The SMILES string of the molecule is CCOC(=O)C[C@H]1C(=O)NCC[NH+]1Cc1cccc(OC)c1. The fourth-order valence-electron chi connectivity index (χ4n) is 2.71. The fraction of sp³-hybridized carbons (Fsp3) is 0.500. The van der Waals surface area contributed by atoms with Gasteiger partial charge in [-0.05, 0) is 19.1 Å². The first-order chi connectivity index (χ1) is 10.6. The zero-order valence-corrected chi connectivity index (χ0v) is 13.1. The van der Waals surface area contributed by atoms with Crippen molar-refractivity contribution in [3.05, 3.63) is 29.8 Å². The van der Waals surface area contributed by atoms with Crippen LogP contribution in [0.15, 0.2) is 24.3 Å². The lowest BCUT2D eigenvalue weighted by Gasteiger charge is -2.31. The third kappa shape index (κ3) is 4.21. The molecule has 1 unspecified atom stereocenters. The lowest BCUT2D eigenvalue weighted by molar-refractivity contribution is -0.930. The number of benzene rings is 1. The number of esters is 1. The predicted octanol–water partition coefficient (Wildman–Crippen LogP) is -0.468. The third-order valence-electron chi connectivity index (χ3n) is 3.80. The lowest BCUT2D eigenvalue weighted by atomic mass is 10.1. The van der Waals surface area contributed by atoms with Crippen molar-refractivity contribution in [2.24, 2.45) is 0 Å². The van der Waals surface area contributed by atoms with Gasteiger partial charge in [0.2, 0.25) is 0 Å². The van der Waals surface area contributed by atoms with E-state index in [9.17, 15) is 9.59 Å². The minimum Gasteiger partial charge on any atom is -0.497 e. The molecule has 1 aromatic carbocycles. The lowest BCUT2D eigenvalue weighted by Crippen LogP contribution is -3.18. The van der Waals surface area contributed by atoms with E-state index in [-0.39, 0.29) is 18.3 Å². The summed E-state index contributed by atoms with van der Waals surface area (Å²) in [5, 5.41) is 2.83. The summed E-state index contributed by atoms with van der Waals surface area (Å²) in [6.07, 6.45) is 0.110. The molecule has 120 valence electrons. The normalized spacial score (nSPS) is 21.1. The summed E-state index contributed by atoms with van der Waals surface area (Å²) in [7, 11) is 1.63. The van der Waals surface area contributed by atoms with Crippen LogP contribution in [0.25, 0.3) is 0 Å². The van der Waals surface area contributed by atoms with Crippen molar-refractivity contribution < 1.29 is 24.0 Å². The maximum Gasteiger partial charge on any atom is 0.312 e. The molecule has 1 aromatic rings. The number of nitrogens with one attached hydrogen (secondary N) is 2. The van der Waals surface area contributed by atoms with Crippen molar-refractivity contribution in [2.75, 3.05) is 26.8 Å². The topological polar surface area (TPSA) is 69.1 Å². The van der Waals surface area contributed by atoms with Crippen molar-refractivity contribution in [3.63, 3.8) is 0 Å². The minimum atomic E-state index is -0.404. The van der Waals surface area contributed by atoms with Gasteiger partial charge in [-0.3, -0.25) is 9.59 Å². The van der Waals surface area contributed by atoms with Crippen molar-refractivity contribution in [1.29, 1.82) is 0 Å². The molecular formula is C16H23N2O4+. The van der Waals surface area contributed by atoms with Crippen LogP contribution in [0.1, 0.15) is 18.9 Å². The van der Waals surface area contributed by atoms with Crippen LogP contribution in [-0.4, -0.2) is 44.7 Å². The summed E-state index contributed by atoms with van der Waals surface area (Å²) < 4.78 is 10.2. The van der Waals surface area contributed by atoms with Crippen molar-refractivity contribution in [1.82, 2.24) is 5.32 Å². The van der Waals surface area contributed by atoms with Gasteiger partial charge in [-0.2, -0.15) is 0 Å². The summed E-state index contributed by atoms with van der Waals surface area (Å²) in [6, 6.07) is 7.37. The smallest absolute Gasteiger partial charge is 0.312 e. The molecule has 0 aliphatic carbocycles. The van der Waals surface area contributed by atoms with Crippen LogP contribution in [0.5, 0.6) is 5.75 Å². The highest BCUT2D eigenvalue weighted by Crippen LogP contribution is 2.11. The first-order valence-electron chi connectivity index (χ1n) is 7.55. The highest BCUT2D eigenvalue weighted by atomic mass is 16.5. The molecule has 1 aliphatic rings. The molecular weight excluding hydrogens is 284 g/mol. The van der Waals surface area contributed by atoms with Crippen LogP contribution in [0, 0.1) is 0 Å². The Morgan fingerprint density at radius 2 is 2.27 bits per heavy atom. The Hall–Kier alpha value is -2.08. The number of quaternary nitrogens is 1. The highest BCUT2D eigenvalue weighted by Gasteiger charge is 2.35. The van der Waals surface area contributed by atoms with Crippen LogP contribution < -0.4 is 15.0 Å². The van der Waals surface area contributed by atoms with E-state index in [0.29, 0.717) is 19.7 Å². The van der Waals surface area contributed by atoms with E-state index >= 15 is 0 Å². The summed E-state index contributed by atoms with van der Waals surface area (Å²) in [5.74, 6) is 0.380. The summed E-state index contributed by atoms with van der Waals surface area (Å²) in [6.45, 7) is 4.18. The minimum absolute atomic E-state index is 0.0859. The molecule has 6 heteroatoms. The zero-order chi connectivity index (χ0) is 15.9. The predicted molar refractivity (Wildman–Crippen MR) is 80.6 cm³/mol. The number of hydrogen-bond donors (Lipinski definition) is 2. The van der Waals surface area contributed by atoms with E-state index in [0.717, 1.165) is 22.8 Å². The molecule has 1 heterocycles. The first-order valence-corrected chi connectivity index (χ1v) is 7.55. The van der Waals surface area contributed by atoms with Gasteiger partial charge in [0.15, 0.2) is 6.04 Å². The summed E-state index contributed by atoms with van der Waals surface area (Å²) >= 11 is 0. The maximum absolute atomic E-state index is 12.1. The van der Waals surface area contributed by atoms with Gasteiger partial charge in [-0.1, -0.05) is 12.1 Å². The van der Waals surface area contributed by atoms with E-state index in [1.54, 1.807) is 14.0 Å². The van der Waals surface area contributed by atoms with E-state index in [1.165, 1.54) is 0 Å².